The van der Waals surface area contributed by atoms with Gasteiger partial charge in [0, 0.05) is 0 Å². The second kappa shape index (κ2) is 6.62. The number of halogens is 5. The first-order valence-electron chi connectivity index (χ1n) is 8.69. The van der Waals surface area contributed by atoms with Gasteiger partial charge in [0.15, 0.2) is 17.4 Å². The fourth-order valence-corrected chi connectivity index (χ4v) is 3.73. The second-order valence-corrected chi connectivity index (χ2v) is 7.00. The minimum Gasteiger partial charge on any atom is -0.503 e. The van der Waals surface area contributed by atoms with Crippen molar-refractivity contribution in [3.63, 3.8) is 0 Å². The summed E-state index contributed by atoms with van der Waals surface area (Å²) >= 11 is 0. The molecule has 1 nitrogen and oxygen atoms in total. The van der Waals surface area contributed by atoms with Gasteiger partial charge in [0.25, 0.3) is 0 Å². The molecule has 1 unspecified atom stereocenters. The maximum Gasteiger partial charge on any atom is 0.416 e. The minimum atomic E-state index is -4.37. The van der Waals surface area contributed by atoms with Gasteiger partial charge in [-0.15, -0.1) is 0 Å². The van der Waals surface area contributed by atoms with Gasteiger partial charge < -0.3 is 5.11 Å². The summed E-state index contributed by atoms with van der Waals surface area (Å²) in [7, 11) is 0. The molecule has 0 amide bonds. The highest BCUT2D eigenvalue weighted by Crippen LogP contribution is 2.39. The van der Waals surface area contributed by atoms with E-state index in [1.807, 2.05) is 6.07 Å². The number of phenols is 1. The van der Waals surface area contributed by atoms with E-state index in [0.717, 1.165) is 29.3 Å². The van der Waals surface area contributed by atoms with Crippen molar-refractivity contribution in [2.75, 3.05) is 0 Å². The molecular weight excluding hydrogens is 375 g/mol. The quantitative estimate of drug-likeness (QED) is 0.514. The average Bonchev–Trinajstić information content (AvgIpc) is 3.08. The summed E-state index contributed by atoms with van der Waals surface area (Å²) in [5.74, 6) is -3.13. The molecule has 3 aromatic rings. The SMILES string of the molecule is Oc1c(F)cc(-c2cccc(C3Cc4ccc(C(F)(F)F)cc4C3)c2)cc1F. The van der Waals surface area contributed by atoms with Crippen molar-refractivity contribution in [3.8, 4) is 16.9 Å². The summed E-state index contributed by atoms with van der Waals surface area (Å²) in [5, 5.41) is 9.25. The van der Waals surface area contributed by atoms with Crippen molar-refractivity contribution in [1.82, 2.24) is 0 Å². The van der Waals surface area contributed by atoms with E-state index in [1.165, 1.54) is 12.1 Å². The van der Waals surface area contributed by atoms with E-state index in [2.05, 4.69) is 0 Å². The number of hydrogen-bond donors (Lipinski definition) is 1. The molecular formula is C22H15F5O. The van der Waals surface area contributed by atoms with Gasteiger partial charge in [-0.2, -0.15) is 13.2 Å². The fraction of sp³-hybridized carbons (Fsp3) is 0.182. The van der Waals surface area contributed by atoms with Crippen LogP contribution in [-0.2, 0) is 19.0 Å². The van der Waals surface area contributed by atoms with Crippen LogP contribution in [0.3, 0.4) is 0 Å². The molecule has 6 heteroatoms. The fourth-order valence-electron chi connectivity index (χ4n) is 3.73. The topological polar surface area (TPSA) is 20.2 Å². The lowest BCUT2D eigenvalue weighted by atomic mass is 9.93. The van der Waals surface area contributed by atoms with E-state index in [-0.39, 0.29) is 11.5 Å². The first-order chi connectivity index (χ1) is 13.2. The molecule has 0 bridgehead atoms. The normalized spacial score (nSPS) is 16.2. The molecule has 0 saturated carbocycles. The van der Waals surface area contributed by atoms with Gasteiger partial charge in [0.1, 0.15) is 0 Å². The van der Waals surface area contributed by atoms with Crippen LogP contribution in [0.5, 0.6) is 5.75 Å². The van der Waals surface area contributed by atoms with Gasteiger partial charge in [0.05, 0.1) is 5.56 Å². The van der Waals surface area contributed by atoms with E-state index in [0.29, 0.717) is 24.0 Å². The molecule has 3 aromatic carbocycles. The average molecular weight is 390 g/mol. The van der Waals surface area contributed by atoms with Crippen LogP contribution in [0, 0.1) is 11.6 Å². The van der Waals surface area contributed by atoms with Crippen LogP contribution < -0.4 is 0 Å². The molecule has 28 heavy (non-hydrogen) atoms. The number of alkyl halides is 3. The van der Waals surface area contributed by atoms with E-state index in [1.54, 1.807) is 18.2 Å². The van der Waals surface area contributed by atoms with E-state index < -0.39 is 29.1 Å². The summed E-state index contributed by atoms with van der Waals surface area (Å²) < 4.78 is 66.1. The zero-order valence-corrected chi connectivity index (χ0v) is 14.5. The van der Waals surface area contributed by atoms with Gasteiger partial charge in [-0.05, 0) is 70.8 Å². The number of fused-ring (bicyclic) bond motifs is 1. The smallest absolute Gasteiger partial charge is 0.416 e. The van der Waals surface area contributed by atoms with E-state index >= 15 is 0 Å². The Balaban J connectivity index is 1.64. The van der Waals surface area contributed by atoms with Crippen molar-refractivity contribution in [2.45, 2.75) is 24.9 Å². The second-order valence-electron chi connectivity index (χ2n) is 7.00. The predicted molar refractivity (Wildman–Crippen MR) is 95.1 cm³/mol. The summed E-state index contributed by atoms with van der Waals surface area (Å²) in [4.78, 5) is 0. The van der Waals surface area contributed by atoms with Crippen LogP contribution in [0.2, 0.25) is 0 Å². The number of hydrogen-bond acceptors (Lipinski definition) is 1. The summed E-state index contributed by atoms with van der Waals surface area (Å²) in [6.45, 7) is 0. The minimum absolute atomic E-state index is 0.00903. The highest BCUT2D eigenvalue weighted by molar-refractivity contribution is 5.66. The predicted octanol–water partition coefficient (Wildman–Crippen LogP) is 6.24. The van der Waals surface area contributed by atoms with Crippen molar-refractivity contribution >= 4 is 0 Å². The summed E-state index contributed by atoms with van der Waals surface area (Å²) in [5.41, 5.74) is 2.63. The molecule has 0 aliphatic heterocycles. The van der Waals surface area contributed by atoms with E-state index in [4.69, 9.17) is 0 Å². The molecule has 0 saturated heterocycles. The molecule has 1 atom stereocenters. The molecule has 0 aromatic heterocycles. The number of phenolic OH excluding ortho intramolecular Hbond substituents is 1. The lowest BCUT2D eigenvalue weighted by Gasteiger charge is -2.12. The Labute approximate surface area is 158 Å². The molecule has 1 N–H and O–H groups in total. The number of rotatable bonds is 2. The molecule has 0 spiro atoms. The highest BCUT2D eigenvalue weighted by Gasteiger charge is 2.32. The van der Waals surface area contributed by atoms with Gasteiger partial charge >= 0.3 is 6.18 Å². The Hall–Kier alpha value is -2.89. The van der Waals surface area contributed by atoms with Crippen LogP contribution >= 0.6 is 0 Å². The van der Waals surface area contributed by atoms with Gasteiger partial charge in [0.2, 0.25) is 0 Å². The number of benzene rings is 3. The van der Waals surface area contributed by atoms with E-state index in [9.17, 15) is 27.1 Å². The Morgan fingerprint density at radius 2 is 1.46 bits per heavy atom. The third-order valence-electron chi connectivity index (χ3n) is 5.17. The zero-order valence-electron chi connectivity index (χ0n) is 14.5. The van der Waals surface area contributed by atoms with Crippen molar-refractivity contribution in [3.05, 3.63) is 88.5 Å². The first-order valence-corrected chi connectivity index (χ1v) is 8.69. The molecule has 1 aliphatic rings. The molecule has 144 valence electrons. The Morgan fingerprint density at radius 3 is 2.14 bits per heavy atom. The lowest BCUT2D eigenvalue weighted by Crippen LogP contribution is -2.05. The van der Waals surface area contributed by atoms with Gasteiger partial charge in [-0.25, -0.2) is 8.78 Å². The highest BCUT2D eigenvalue weighted by atomic mass is 19.4. The standard InChI is InChI=1S/C22H15F5O/c23-19-10-17(11-20(24)21(19)28)13-3-1-2-12(6-13)15-7-14-4-5-18(22(25,26)27)9-16(14)8-15/h1-6,9-11,15,28H,7-8H2. The first kappa shape index (κ1) is 18.5. The molecule has 4 rings (SSSR count). The zero-order chi connectivity index (χ0) is 20.1. The molecule has 0 radical (unpaired) electrons. The monoisotopic (exact) mass is 390 g/mol. The largest absolute Gasteiger partial charge is 0.503 e. The van der Waals surface area contributed by atoms with Crippen LogP contribution in [0.1, 0.15) is 28.2 Å². The van der Waals surface area contributed by atoms with Crippen LogP contribution in [0.25, 0.3) is 11.1 Å². The van der Waals surface area contributed by atoms with Crippen LogP contribution in [0.15, 0.2) is 54.6 Å². The van der Waals surface area contributed by atoms with Crippen LogP contribution in [-0.4, -0.2) is 5.11 Å². The maximum atomic E-state index is 13.7. The molecule has 0 heterocycles. The number of aromatic hydroxyl groups is 1. The van der Waals surface area contributed by atoms with Gasteiger partial charge in [-0.3, -0.25) is 0 Å². The Bertz CT molecular complexity index is 1030. The Morgan fingerprint density at radius 1 is 0.786 bits per heavy atom. The molecule has 0 fully saturated rings. The van der Waals surface area contributed by atoms with Crippen molar-refractivity contribution in [2.24, 2.45) is 0 Å². The Kier molecular flexibility index (Phi) is 4.37. The lowest BCUT2D eigenvalue weighted by molar-refractivity contribution is -0.137. The van der Waals surface area contributed by atoms with Crippen molar-refractivity contribution in [1.29, 1.82) is 0 Å². The molecule has 1 aliphatic carbocycles. The van der Waals surface area contributed by atoms with Crippen LogP contribution in [0.4, 0.5) is 22.0 Å². The summed E-state index contributed by atoms with van der Waals surface area (Å²) in [6.07, 6.45) is -3.30. The van der Waals surface area contributed by atoms with Crippen molar-refractivity contribution < 1.29 is 27.1 Å². The third kappa shape index (κ3) is 3.35. The summed E-state index contributed by atoms with van der Waals surface area (Å²) in [6, 6.07) is 13.0. The van der Waals surface area contributed by atoms with Gasteiger partial charge in [-0.1, -0.05) is 30.3 Å². The maximum absolute atomic E-state index is 13.7. The third-order valence-corrected chi connectivity index (χ3v) is 5.17.